The molecule has 1 fully saturated rings. The highest BCUT2D eigenvalue weighted by Gasteiger charge is 2.28. The molecule has 1 amide bonds. The Balaban J connectivity index is 1.55. The first-order valence-corrected chi connectivity index (χ1v) is 12.6. The van der Waals surface area contributed by atoms with Gasteiger partial charge < -0.3 is 9.08 Å². The maximum atomic E-state index is 12.9. The van der Waals surface area contributed by atoms with E-state index in [-0.39, 0.29) is 21.6 Å². The average Bonchev–Trinajstić information content (AvgIpc) is 3.35. The average molecular weight is 476 g/mol. The van der Waals surface area contributed by atoms with Crippen molar-refractivity contribution in [2.75, 3.05) is 6.54 Å². The molecule has 1 aliphatic carbocycles. The zero-order chi connectivity index (χ0) is 22.0. The van der Waals surface area contributed by atoms with Crippen molar-refractivity contribution in [3.8, 4) is 5.75 Å². The van der Waals surface area contributed by atoms with Gasteiger partial charge >= 0.3 is 10.1 Å². The maximum Gasteiger partial charge on any atom is 0.340 e. The van der Waals surface area contributed by atoms with Gasteiger partial charge in [-0.3, -0.25) is 4.79 Å². The fraction of sp³-hybridized carbons (Fsp3) is 0.261. The van der Waals surface area contributed by atoms with Crippen LogP contribution in [0.25, 0.3) is 0 Å². The van der Waals surface area contributed by atoms with Crippen LogP contribution in [-0.4, -0.2) is 25.8 Å². The third-order valence-electron chi connectivity index (χ3n) is 5.09. The molecule has 0 bridgehead atoms. The van der Waals surface area contributed by atoms with Crippen LogP contribution in [0, 0.1) is 12.8 Å². The molecule has 1 heterocycles. The molecular formula is C23H22ClNO4S2. The Kier molecular flexibility index (Phi) is 6.36. The molecular weight excluding hydrogens is 454 g/mol. The summed E-state index contributed by atoms with van der Waals surface area (Å²) in [6.45, 7) is 2.75. The van der Waals surface area contributed by atoms with Crippen LogP contribution in [0.4, 0.5) is 0 Å². The minimum absolute atomic E-state index is 0.00691. The van der Waals surface area contributed by atoms with E-state index in [0.29, 0.717) is 29.4 Å². The van der Waals surface area contributed by atoms with Gasteiger partial charge in [0.15, 0.2) is 0 Å². The van der Waals surface area contributed by atoms with Gasteiger partial charge in [0.05, 0.1) is 9.90 Å². The van der Waals surface area contributed by atoms with Gasteiger partial charge in [0.1, 0.15) is 10.6 Å². The summed E-state index contributed by atoms with van der Waals surface area (Å²) in [5.41, 5.74) is 1.31. The molecule has 0 unspecified atom stereocenters. The van der Waals surface area contributed by atoms with Crippen LogP contribution in [0.1, 0.15) is 33.6 Å². The molecule has 5 nitrogen and oxygen atoms in total. The number of benzene rings is 2. The Morgan fingerprint density at radius 1 is 1.16 bits per heavy atom. The lowest BCUT2D eigenvalue weighted by Crippen LogP contribution is -2.32. The summed E-state index contributed by atoms with van der Waals surface area (Å²) < 4.78 is 31.0. The van der Waals surface area contributed by atoms with Crippen LogP contribution < -0.4 is 4.18 Å². The first kappa shape index (κ1) is 21.9. The molecule has 0 N–H and O–H groups in total. The van der Waals surface area contributed by atoms with Crippen molar-refractivity contribution in [3.05, 3.63) is 81.0 Å². The Labute approximate surface area is 191 Å². The van der Waals surface area contributed by atoms with Crippen LogP contribution in [0.3, 0.4) is 0 Å². The minimum Gasteiger partial charge on any atom is -0.379 e. The zero-order valence-electron chi connectivity index (χ0n) is 17.0. The quantitative estimate of drug-likeness (QED) is 0.402. The lowest BCUT2D eigenvalue weighted by molar-refractivity contribution is 0.0739. The SMILES string of the molecule is Cc1cccc(Cl)c1S(=O)(=O)Oc1cccc(CN(CC2CC2)C(=O)c2cccs2)c1. The molecule has 31 heavy (non-hydrogen) atoms. The molecule has 0 atom stereocenters. The molecule has 0 radical (unpaired) electrons. The summed E-state index contributed by atoms with van der Waals surface area (Å²) in [7, 11) is -4.09. The van der Waals surface area contributed by atoms with Gasteiger partial charge in [-0.25, -0.2) is 0 Å². The van der Waals surface area contributed by atoms with E-state index in [4.69, 9.17) is 15.8 Å². The van der Waals surface area contributed by atoms with E-state index in [2.05, 4.69) is 0 Å². The number of nitrogens with zero attached hydrogens (tertiary/aromatic N) is 1. The van der Waals surface area contributed by atoms with Gasteiger partial charge in [-0.15, -0.1) is 11.3 Å². The number of thiophene rings is 1. The molecule has 3 aromatic rings. The number of carbonyl (C=O) groups is 1. The molecule has 162 valence electrons. The number of aryl methyl sites for hydroxylation is 1. The predicted molar refractivity (Wildman–Crippen MR) is 122 cm³/mol. The Morgan fingerprint density at radius 3 is 2.61 bits per heavy atom. The van der Waals surface area contributed by atoms with Gasteiger partial charge in [0.2, 0.25) is 0 Å². The standard InChI is InChI=1S/C23H22ClNO4S2/c1-16-5-2-8-20(24)22(16)31(27,28)29-19-7-3-6-18(13-19)15-25(14-17-10-11-17)23(26)21-9-4-12-30-21/h2-9,12-13,17H,10-11,14-15H2,1H3. The zero-order valence-corrected chi connectivity index (χ0v) is 19.3. The first-order valence-electron chi connectivity index (χ1n) is 9.95. The van der Waals surface area contributed by atoms with Gasteiger partial charge in [0.25, 0.3) is 5.91 Å². The summed E-state index contributed by atoms with van der Waals surface area (Å²) in [4.78, 5) is 15.4. The topological polar surface area (TPSA) is 63.7 Å². The summed E-state index contributed by atoms with van der Waals surface area (Å²) in [5.74, 6) is 0.714. The second-order valence-corrected chi connectivity index (χ2v) is 10.5. The maximum absolute atomic E-state index is 12.9. The number of halogens is 1. The number of amides is 1. The highest BCUT2D eigenvalue weighted by Crippen LogP contribution is 2.32. The lowest BCUT2D eigenvalue weighted by Gasteiger charge is -2.22. The highest BCUT2D eigenvalue weighted by molar-refractivity contribution is 7.87. The molecule has 1 aliphatic rings. The van der Waals surface area contributed by atoms with E-state index < -0.39 is 10.1 Å². The molecule has 0 spiro atoms. The highest BCUT2D eigenvalue weighted by atomic mass is 35.5. The molecule has 1 saturated carbocycles. The molecule has 8 heteroatoms. The summed E-state index contributed by atoms with van der Waals surface area (Å²) in [5, 5.41) is 2.01. The van der Waals surface area contributed by atoms with Crippen LogP contribution in [0.15, 0.2) is 64.9 Å². The molecule has 1 aromatic heterocycles. The van der Waals surface area contributed by atoms with Gasteiger partial charge in [-0.05, 0) is 66.5 Å². The van der Waals surface area contributed by atoms with Crippen LogP contribution in [-0.2, 0) is 16.7 Å². The summed E-state index contributed by atoms with van der Waals surface area (Å²) in [6.07, 6.45) is 2.26. The van der Waals surface area contributed by atoms with Crippen molar-refractivity contribution >= 4 is 39.0 Å². The molecule has 4 rings (SSSR count). The third-order valence-corrected chi connectivity index (χ3v) is 7.82. The Hall–Kier alpha value is -2.35. The van der Waals surface area contributed by atoms with Gasteiger partial charge in [0, 0.05) is 13.1 Å². The van der Waals surface area contributed by atoms with Crippen molar-refractivity contribution in [2.24, 2.45) is 5.92 Å². The second-order valence-electron chi connectivity index (χ2n) is 7.68. The van der Waals surface area contributed by atoms with Crippen molar-refractivity contribution in [1.82, 2.24) is 4.90 Å². The smallest absolute Gasteiger partial charge is 0.340 e. The largest absolute Gasteiger partial charge is 0.379 e. The van der Waals surface area contributed by atoms with Gasteiger partial charge in [-0.2, -0.15) is 8.42 Å². The first-order chi connectivity index (χ1) is 14.8. The second kappa shape index (κ2) is 9.02. The molecule has 0 saturated heterocycles. The van der Waals surface area contributed by atoms with Crippen molar-refractivity contribution < 1.29 is 17.4 Å². The number of carbonyl (C=O) groups excluding carboxylic acids is 1. The minimum atomic E-state index is -4.09. The van der Waals surface area contributed by atoms with Crippen LogP contribution in [0.2, 0.25) is 5.02 Å². The molecule has 2 aromatic carbocycles. The third kappa shape index (κ3) is 5.29. The van der Waals surface area contributed by atoms with Crippen LogP contribution in [0.5, 0.6) is 5.75 Å². The molecule has 0 aliphatic heterocycles. The fourth-order valence-electron chi connectivity index (χ4n) is 3.41. The van der Waals surface area contributed by atoms with E-state index >= 15 is 0 Å². The normalized spacial score (nSPS) is 13.7. The summed E-state index contributed by atoms with van der Waals surface area (Å²) in [6, 6.07) is 15.4. The van der Waals surface area contributed by atoms with Gasteiger partial charge in [-0.1, -0.05) is 41.9 Å². The fourth-order valence-corrected chi connectivity index (χ4v) is 5.81. The van der Waals surface area contributed by atoms with Crippen LogP contribution >= 0.6 is 22.9 Å². The lowest BCUT2D eigenvalue weighted by atomic mass is 10.2. The Morgan fingerprint density at radius 2 is 1.94 bits per heavy atom. The monoisotopic (exact) mass is 475 g/mol. The Bertz CT molecular complexity index is 1170. The number of hydrogen-bond acceptors (Lipinski definition) is 5. The van der Waals surface area contributed by atoms with Crippen molar-refractivity contribution in [2.45, 2.75) is 31.2 Å². The predicted octanol–water partition coefficient (Wildman–Crippen LogP) is 5.53. The van der Waals surface area contributed by atoms with E-state index in [0.717, 1.165) is 18.4 Å². The van der Waals surface area contributed by atoms with E-state index in [1.807, 2.05) is 28.5 Å². The van der Waals surface area contributed by atoms with Crippen molar-refractivity contribution in [3.63, 3.8) is 0 Å². The van der Waals surface area contributed by atoms with E-state index in [9.17, 15) is 13.2 Å². The van der Waals surface area contributed by atoms with Crippen molar-refractivity contribution in [1.29, 1.82) is 0 Å². The number of rotatable bonds is 8. The van der Waals surface area contributed by atoms with E-state index in [1.54, 1.807) is 37.3 Å². The number of hydrogen-bond donors (Lipinski definition) is 0. The summed E-state index contributed by atoms with van der Waals surface area (Å²) >= 11 is 7.54. The van der Waals surface area contributed by atoms with E-state index in [1.165, 1.54) is 17.4 Å².